The largest absolute Gasteiger partial charge is 0.472 e. The Morgan fingerprint density at radius 1 is 0.388 bits per heavy atom. The second kappa shape index (κ2) is 65.9. The molecule has 0 heterocycles. The molecule has 0 aromatic carbocycles. The molecule has 10 heteroatoms. The van der Waals surface area contributed by atoms with Crippen molar-refractivity contribution in [2.45, 2.75) is 347 Å². The molecule has 0 amide bonds. The van der Waals surface area contributed by atoms with Crippen molar-refractivity contribution in [3.05, 3.63) is 60.8 Å². The lowest BCUT2D eigenvalue weighted by Crippen LogP contribution is -2.29. The zero-order valence-corrected chi connectivity index (χ0v) is 53.5. The number of carbonyl (C=O) groups excluding carboxylic acids is 2. The van der Waals surface area contributed by atoms with Gasteiger partial charge in [0.2, 0.25) is 0 Å². The number of hydrogen-bond donors (Lipinski definition) is 2. The summed E-state index contributed by atoms with van der Waals surface area (Å²) in [6.07, 6.45) is 84.9. The van der Waals surface area contributed by atoms with Crippen molar-refractivity contribution >= 4 is 19.8 Å². The first-order valence-corrected chi connectivity index (χ1v) is 35.8. The first-order valence-electron chi connectivity index (χ1n) is 34.3. The first-order chi connectivity index (χ1) is 39.3. The summed E-state index contributed by atoms with van der Waals surface area (Å²) < 4.78 is 33.0. The number of nitrogens with two attached hydrogens (primary N) is 1. The molecule has 0 aliphatic carbocycles. The summed E-state index contributed by atoms with van der Waals surface area (Å²) in [6, 6.07) is 0. The van der Waals surface area contributed by atoms with Gasteiger partial charge in [-0.05, 0) is 57.8 Å². The molecule has 0 fully saturated rings. The van der Waals surface area contributed by atoms with E-state index >= 15 is 0 Å². The SMILES string of the molecule is CC/C=C\C/C=C\C/C=C\C/C=C\C/C=C\CCCCCC(=O)OC(COC(=O)CCCCCCCCCCCCCCCCCCCCCCCCCCCCCCCCCCCCCCCCCC)COP(=O)(O)OCCN. The molecule has 0 spiro atoms. The molecule has 468 valence electrons. The Morgan fingerprint density at radius 3 is 1.02 bits per heavy atom. The van der Waals surface area contributed by atoms with Gasteiger partial charge in [-0.2, -0.15) is 0 Å². The average Bonchev–Trinajstić information content (AvgIpc) is 3.45. The highest BCUT2D eigenvalue weighted by Crippen LogP contribution is 2.43. The van der Waals surface area contributed by atoms with Crippen LogP contribution >= 0.6 is 7.82 Å². The minimum absolute atomic E-state index is 0.0465. The van der Waals surface area contributed by atoms with Crippen LogP contribution in [0.5, 0.6) is 0 Å². The highest BCUT2D eigenvalue weighted by Gasteiger charge is 2.26. The van der Waals surface area contributed by atoms with Crippen LogP contribution in [0.15, 0.2) is 60.8 Å². The van der Waals surface area contributed by atoms with E-state index in [-0.39, 0.29) is 38.6 Å². The summed E-state index contributed by atoms with van der Waals surface area (Å²) in [7, 11) is -4.40. The normalized spacial score (nSPS) is 13.3. The number of carbonyl (C=O) groups is 2. The van der Waals surface area contributed by atoms with Crippen LogP contribution < -0.4 is 5.73 Å². The quantitative estimate of drug-likeness (QED) is 0.0264. The van der Waals surface area contributed by atoms with Crippen molar-refractivity contribution in [3.8, 4) is 0 Å². The number of phosphoric ester groups is 1. The number of allylic oxidation sites excluding steroid dienone is 10. The van der Waals surface area contributed by atoms with E-state index in [0.29, 0.717) is 6.42 Å². The van der Waals surface area contributed by atoms with Crippen molar-refractivity contribution in [3.63, 3.8) is 0 Å². The number of ether oxygens (including phenoxy) is 2. The predicted octanol–water partition coefficient (Wildman–Crippen LogP) is 22.2. The lowest BCUT2D eigenvalue weighted by Gasteiger charge is -2.19. The van der Waals surface area contributed by atoms with Gasteiger partial charge in [-0.3, -0.25) is 18.6 Å². The van der Waals surface area contributed by atoms with Crippen molar-refractivity contribution < 1.29 is 37.6 Å². The zero-order valence-electron chi connectivity index (χ0n) is 52.6. The Balaban J connectivity index is 3.76. The Hall–Kier alpha value is -2.29. The van der Waals surface area contributed by atoms with Crippen LogP contribution in [0.4, 0.5) is 0 Å². The van der Waals surface area contributed by atoms with Gasteiger partial charge in [0.25, 0.3) is 0 Å². The molecule has 0 aliphatic heterocycles. The smallest absolute Gasteiger partial charge is 0.462 e. The van der Waals surface area contributed by atoms with E-state index in [1.165, 1.54) is 238 Å². The van der Waals surface area contributed by atoms with E-state index in [4.69, 9.17) is 24.3 Å². The Kier molecular flexibility index (Phi) is 64.0. The maximum atomic E-state index is 12.7. The summed E-state index contributed by atoms with van der Waals surface area (Å²) in [5.74, 6) is -0.855. The summed E-state index contributed by atoms with van der Waals surface area (Å²) in [5.41, 5.74) is 5.39. The standard InChI is InChI=1S/C70H130NO8P/c1-3-5-7-9-11-13-15-17-19-21-23-24-25-26-27-28-29-30-31-32-33-34-35-36-37-38-39-40-41-42-43-45-46-48-50-52-54-56-58-60-62-69(72)76-66-68(67-78-80(74,75)77-65-64-71)79-70(73)63-61-59-57-55-53-51-49-47-44-22-20-18-16-14-12-10-8-6-4-2/h6,8,12,14,18,20,44,47,51,53,68H,3-5,7,9-11,13,15-17,19,21-43,45-46,48-50,52,54-67,71H2,1-2H3,(H,74,75)/b8-6-,14-12-,20-18-,47-44-,53-51-. The molecule has 80 heavy (non-hydrogen) atoms. The molecule has 0 bridgehead atoms. The molecule has 0 aromatic heterocycles. The fraction of sp³-hybridized carbons (Fsp3) is 0.829. The highest BCUT2D eigenvalue weighted by atomic mass is 31.2. The lowest BCUT2D eigenvalue weighted by molar-refractivity contribution is -0.161. The molecule has 0 saturated carbocycles. The molecule has 0 aromatic rings. The molecule has 0 saturated heterocycles. The molecule has 3 N–H and O–H groups in total. The first kappa shape index (κ1) is 77.7. The van der Waals surface area contributed by atoms with Crippen LogP contribution in [0.3, 0.4) is 0 Å². The monoisotopic (exact) mass is 1140 g/mol. The zero-order chi connectivity index (χ0) is 58.0. The summed E-state index contributed by atoms with van der Waals surface area (Å²) >= 11 is 0. The second-order valence-electron chi connectivity index (χ2n) is 23.0. The van der Waals surface area contributed by atoms with Crippen LogP contribution in [0.2, 0.25) is 0 Å². The van der Waals surface area contributed by atoms with Crippen LogP contribution in [-0.2, 0) is 32.7 Å². The van der Waals surface area contributed by atoms with Crippen LogP contribution in [0, 0.1) is 0 Å². The topological polar surface area (TPSA) is 134 Å². The maximum absolute atomic E-state index is 12.7. The predicted molar refractivity (Wildman–Crippen MR) is 344 cm³/mol. The van der Waals surface area contributed by atoms with Gasteiger partial charge >= 0.3 is 19.8 Å². The third kappa shape index (κ3) is 64.9. The number of hydrogen-bond acceptors (Lipinski definition) is 8. The molecular formula is C70H130NO8P. The van der Waals surface area contributed by atoms with Gasteiger partial charge in [0.05, 0.1) is 13.2 Å². The molecule has 9 nitrogen and oxygen atoms in total. The van der Waals surface area contributed by atoms with Crippen molar-refractivity contribution in [2.24, 2.45) is 5.73 Å². The summed E-state index contributed by atoms with van der Waals surface area (Å²) in [6.45, 7) is 3.63. The third-order valence-corrected chi connectivity index (χ3v) is 16.2. The van der Waals surface area contributed by atoms with Crippen molar-refractivity contribution in [1.29, 1.82) is 0 Å². The Morgan fingerprint density at radius 2 is 0.688 bits per heavy atom. The Bertz CT molecular complexity index is 1490. The summed E-state index contributed by atoms with van der Waals surface area (Å²) in [5, 5.41) is 0. The Labute approximate surface area is 495 Å². The third-order valence-electron chi connectivity index (χ3n) is 15.2. The second-order valence-corrected chi connectivity index (χ2v) is 24.5. The van der Waals surface area contributed by atoms with Gasteiger partial charge in [-0.15, -0.1) is 0 Å². The van der Waals surface area contributed by atoms with Gasteiger partial charge in [0, 0.05) is 19.4 Å². The minimum Gasteiger partial charge on any atom is -0.462 e. The maximum Gasteiger partial charge on any atom is 0.472 e. The van der Waals surface area contributed by atoms with Gasteiger partial charge < -0.3 is 20.1 Å². The number of esters is 2. The van der Waals surface area contributed by atoms with Gasteiger partial charge in [0.1, 0.15) is 6.61 Å². The lowest BCUT2D eigenvalue weighted by atomic mass is 10.0. The van der Waals surface area contributed by atoms with E-state index in [0.717, 1.165) is 70.6 Å². The van der Waals surface area contributed by atoms with Crippen LogP contribution in [-0.4, -0.2) is 49.3 Å². The van der Waals surface area contributed by atoms with E-state index in [9.17, 15) is 19.0 Å². The molecule has 0 aliphatic rings. The van der Waals surface area contributed by atoms with E-state index in [2.05, 4.69) is 74.6 Å². The highest BCUT2D eigenvalue weighted by molar-refractivity contribution is 7.47. The van der Waals surface area contributed by atoms with E-state index in [1.807, 2.05) is 0 Å². The molecule has 0 rings (SSSR count). The van der Waals surface area contributed by atoms with Gasteiger partial charge in [-0.25, -0.2) is 4.57 Å². The van der Waals surface area contributed by atoms with Crippen LogP contribution in [0.25, 0.3) is 0 Å². The average molecular weight is 1140 g/mol. The van der Waals surface area contributed by atoms with Crippen molar-refractivity contribution in [2.75, 3.05) is 26.4 Å². The summed E-state index contributed by atoms with van der Waals surface area (Å²) in [4.78, 5) is 35.2. The van der Waals surface area contributed by atoms with E-state index < -0.39 is 26.5 Å². The fourth-order valence-electron chi connectivity index (χ4n) is 10.1. The van der Waals surface area contributed by atoms with Gasteiger partial charge in [0.15, 0.2) is 6.10 Å². The van der Waals surface area contributed by atoms with Crippen LogP contribution in [0.1, 0.15) is 341 Å². The number of phosphoric acid groups is 1. The number of unbranched alkanes of at least 4 members (excludes halogenated alkanes) is 42. The fourth-order valence-corrected chi connectivity index (χ4v) is 10.9. The van der Waals surface area contributed by atoms with E-state index in [1.54, 1.807) is 0 Å². The van der Waals surface area contributed by atoms with Gasteiger partial charge in [-0.1, -0.05) is 331 Å². The molecule has 2 atom stereocenters. The molecular weight excluding hydrogens is 1010 g/mol. The minimum atomic E-state index is -4.40. The number of rotatable bonds is 65. The molecule has 0 radical (unpaired) electrons. The van der Waals surface area contributed by atoms with Crippen molar-refractivity contribution in [1.82, 2.24) is 0 Å². The molecule has 2 unspecified atom stereocenters.